The summed E-state index contributed by atoms with van der Waals surface area (Å²) in [6, 6.07) is -0.159. The number of hydrogen-bond donors (Lipinski definition) is 3. The van der Waals surface area contributed by atoms with Crippen LogP contribution in [0.3, 0.4) is 0 Å². The Labute approximate surface area is 160 Å². The van der Waals surface area contributed by atoms with E-state index in [0.717, 1.165) is 17.8 Å². The van der Waals surface area contributed by atoms with Crippen LogP contribution in [0.15, 0.2) is 5.38 Å². The van der Waals surface area contributed by atoms with Gasteiger partial charge in [0.15, 0.2) is 16.6 Å². The topological polar surface area (TPSA) is 120 Å². The summed E-state index contributed by atoms with van der Waals surface area (Å²) in [7, 11) is 1.60. The molecular weight excluding hydrogens is 370 g/mol. The zero-order valence-electron chi connectivity index (χ0n) is 15.5. The van der Waals surface area contributed by atoms with E-state index < -0.39 is 5.97 Å². The normalized spacial score (nSPS) is 19.9. The smallest absolute Gasteiger partial charge is 0.355 e. The summed E-state index contributed by atoms with van der Waals surface area (Å²) in [6.07, 6.45) is 1.21. The number of piperidine rings is 1. The summed E-state index contributed by atoms with van der Waals surface area (Å²) in [5.74, 6) is -0.975. The lowest BCUT2D eigenvalue weighted by atomic mass is 10.0. The maximum absolute atomic E-state index is 12.5. The second kappa shape index (κ2) is 8.05. The number of thiazole rings is 1. The number of aromatic amines is 1. The molecule has 2 atom stereocenters. The number of aryl methyl sites for hydroxylation is 2. The van der Waals surface area contributed by atoms with Crippen molar-refractivity contribution in [3.63, 3.8) is 0 Å². The first-order chi connectivity index (χ1) is 12.9. The Hall–Kier alpha value is -2.46. The highest BCUT2D eigenvalue weighted by atomic mass is 32.1. The van der Waals surface area contributed by atoms with Crippen molar-refractivity contribution in [1.82, 2.24) is 20.3 Å². The average Bonchev–Trinajstić information content (AvgIpc) is 3.29. The number of carboxylic acids is 1. The Morgan fingerprint density at radius 2 is 2.26 bits per heavy atom. The Morgan fingerprint density at radius 1 is 1.48 bits per heavy atom. The van der Waals surface area contributed by atoms with Crippen molar-refractivity contribution in [1.29, 1.82) is 0 Å². The Kier molecular flexibility index (Phi) is 5.76. The fraction of sp³-hybridized carbons (Fsp3) is 0.529. The number of imidazole rings is 1. The van der Waals surface area contributed by atoms with Crippen LogP contribution < -0.4 is 10.2 Å². The number of anilines is 1. The highest BCUT2D eigenvalue weighted by Crippen LogP contribution is 2.25. The molecule has 3 rings (SSSR count). The molecule has 1 aliphatic rings. The monoisotopic (exact) mass is 393 g/mol. The molecule has 1 saturated heterocycles. The summed E-state index contributed by atoms with van der Waals surface area (Å²) in [5, 5.41) is 14.2. The molecule has 3 N–H and O–H groups in total. The number of amides is 1. The minimum absolute atomic E-state index is 0.0410. The predicted molar refractivity (Wildman–Crippen MR) is 101 cm³/mol. The molecule has 1 unspecified atom stereocenters. The highest BCUT2D eigenvalue weighted by molar-refractivity contribution is 7.13. The first-order valence-corrected chi connectivity index (χ1v) is 9.63. The maximum Gasteiger partial charge on any atom is 0.355 e. The molecule has 1 aliphatic heterocycles. The predicted octanol–water partition coefficient (Wildman–Crippen LogP) is 1.46. The van der Waals surface area contributed by atoms with Crippen molar-refractivity contribution in [2.45, 2.75) is 38.8 Å². The molecule has 3 heterocycles. The number of carbonyl (C=O) groups excluding carboxylic acids is 1. The van der Waals surface area contributed by atoms with Crippen LogP contribution in [0.2, 0.25) is 0 Å². The van der Waals surface area contributed by atoms with Crippen LogP contribution in [0.4, 0.5) is 5.13 Å². The van der Waals surface area contributed by atoms with Crippen LogP contribution in [0.25, 0.3) is 0 Å². The van der Waals surface area contributed by atoms with E-state index in [9.17, 15) is 9.59 Å². The van der Waals surface area contributed by atoms with Crippen LogP contribution in [-0.4, -0.2) is 64.3 Å². The van der Waals surface area contributed by atoms with Gasteiger partial charge >= 0.3 is 5.97 Å². The molecule has 1 amide bonds. The van der Waals surface area contributed by atoms with Crippen molar-refractivity contribution in [3.05, 3.63) is 28.3 Å². The molecule has 2 aromatic rings. The van der Waals surface area contributed by atoms with Gasteiger partial charge in [-0.15, -0.1) is 11.3 Å². The summed E-state index contributed by atoms with van der Waals surface area (Å²) >= 11 is 1.29. The molecule has 1 fully saturated rings. The third-order valence-corrected chi connectivity index (χ3v) is 5.62. The van der Waals surface area contributed by atoms with Gasteiger partial charge in [0.2, 0.25) is 0 Å². The Bertz CT molecular complexity index is 833. The van der Waals surface area contributed by atoms with Crippen molar-refractivity contribution < 1.29 is 19.4 Å². The van der Waals surface area contributed by atoms with Gasteiger partial charge in [-0.05, 0) is 19.8 Å². The summed E-state index contributed by atoms with van der Waals surface area (Å²) in [4.78, 5) is 37.0. The number of rotatable bonds is 6. The lowest BCUT2D eigenvalue weighted by Gasteiger charge is -2.37. The van der Waals surface area contributed by atoms with E-state index in [4.69, 9.17) is 9.84 Å². The molecule has 2 aromatic heterocycles. The standard InChI is InChI=1S/C17H23N5O4S/c1-4-10-9(2)18-14(19-10)15(23)20-11-5-6-22(7-13(11)26-3)17-21-12(8-27-17)16(24)25/h8,11,13H,4-7H2,1-3H3,(H,18,19)(H,20,23)(H,24,25)/t11?,13-/m0/s1. The van der Waals surface area contributed by atoms with E-state index in [-0.39, 0.29) is 23.7 Å². The largest absolute Gasteiger partial charge is 0.476 e. The van der Waals surface area contributed by atoms with Gasteiger partial charge in [-0.2, -0.15) is 0 Å². The third-order valence-electron chi connectivity index (χ3n) is 4.71. The second-order valence-corrected chi connectivity index (χ2v) is 7.25. The zero-order chi connectivity index (χ0) is 19.6. The molecule has 0 bridgehead atoms. The maximum atomic E-state index is 12.5. The van der Waals surface area contributed by atoms with Gasteiger partial charge in [-0.1, -0.05) is 6.92 Å². The molecule has 146 valence electrons. The number of carboxylic acid groups (broad SMARTS) is 1. The van der Waals surface area contributed by atoms with Crippen molar-refractivity contribution in [2.75, 3.05) is 25.1 Å². The first kappa shape index (κ1) is 19.3. The highest BCUT2D eigenvalue weighted by Gasteiger charge is 2.32. The summed E-state index contributed by atoms with van der Waals surface area (Å²) in [6.45, 7) is 5.05. The molecule has 10 heteroatoms. The molecular formula is C17H23N5O4S. The van der Waals surface area contributed by atoms with Gasteiger partial charge in [0.05, 0.1) is 17.8 Å². The number of carbonyl (C=O) groups is 2. The van der Waals surface area contributed by atoms with Gasteiger partial charge in [0, 0.05) is 31.3 Å². The first-order valence-electron chi connectivity index (χ1n) is 8.75. The van der Waals surface area contributed by atoms with Gasteiger partial charge in [-0.25, -0.2) is 14.8 Å². The number of nitrogens with zero attached hydrogens (tertiary/aromatic N) is 3. The van der Waals surface area contributed by atoms with Crippen LogP contribution in [-0.2, 0) is 11.2 Å². The summed E-state index contributed by atoms with van der Waals surface area (Å²) < 4.78 is 5.57. The van der Waals surface area contributed by atoms with Crippen LogP contribution in [0.1, 0.15) is 45.8 Å². The molecule has 0 aliphatic carbocycles. The number of H-pyrrole nitrogens is 1. The molecule has 9 nitrogen and oxygen atoms in total. The van der Waals surface area contributed by atoms with Gasteiger partial charge in [0.25, 0.3) is 5.91 Å². The fourth-order valence-electron chi connectivity index (χ4n) is 3.19. The van der Waals surface area contributed by atoms with E-state index in [1.54, 1.807) is 7.11 Å². The van der Waals surface area contributed by atoms with Crippen molar-refractivity contribution >= 4 is 28.3 Å². The van der Waals surface area contributed by atoms with E-state index >= 15 is 0 Å². The van der Waals surface area contributed by atoms with E-state index in [2.05, 4.69) is 20.3 Å². The molecule has 0 radical (unpaired) electrons. The van der Waals surface area contributed by atoms with Crippen LogP contribution >= 0.6 is 11.3 Å². The van der Waals surface area contributed by atoms with E-state index in [1.165, 1.54) is 16.7 Å². The Morgan fingerprint density at radius 3 is 2.85 bits per heavy atom. The summed E-state index contributed by atoms with van der Waals surface area (Å²) in [5.41, 5.74) is 1.83. The third kappa shape index (κ3) is 4.11. The van der Waals surface area contributed by atoms with E-state index in [1.807, 2.05) is 18.7 Å². The minimum Gasteiger partial charge on any atom is -0.476 e. The Balaban J connectivity index is 1.65. The van der Waals surface area contributed by atoms with Crippen molar-refractivity contribution in [3.8, 4) is 0 Å². The quantitative estimate of drug-likeness (QED) is 0.679. The lowest BCUT2D eigenvalue weighted by molar-refractivity contribution is 0.0538. The van der Waals surface area contributed by atoms with Gasteiger partial charge < -0.3 is 25.0 Å². The molecule has 0 spiro atoms. The molecule has 27 heavy (non-hydrogen) atoms. The fourth-order valence-corrected chi connectivity index (χ4v) is 4.02. The van der Waals surface area contributed by atoms with Gasteiger partial charge in [-0.3, -0.25) is 4.79 Å². The van der Waals surface area contributed by atoms with E-state index in [0.29, 0.717) is 30.5 Å². The molecule has 0 aromatic carbocycles. The van der Waals surface area contributed by atoms with Crippen LogP contribution in [0.5, 0.6) is 0 Å². The SMILES string of the molecule is CCc1[nH]c(C(=O)NC2CCN(c3nc(C(=O)O)cs3)C[C@@H]2OC)nc1C. The number of ether oxygens (including phenoxy) is 1. The number of methoxy groups -OCH3 is 1. The zero-order valence-corrected chi connectivity index (χ0v) is 16.3. The second-order valence-electron chi connectivity index (χ2n) is 6.41. The number of aromatic carboxylic acids is 1. The lowest BCUT2D eigenvalue weighted by Crippen LogP contribution is -2.55. The minimum atomic E-state index is -1.04. The van der Waals surface area contributed by atoms with Crippen LogP contribution in [0, 0.1) is 6.92 Å². The number of nitrogens with one attached hydrogen (secondary N) is 2. The van der Waals surface area contributed by atoms with Gasteiger partial charge in [0.1, 0.15) is 0 Å². The number of aromatic nitrogens is 3. The molecule has 0 saturated carbocycles. The number of hydrogen-bond acceptors (Lipinski definition) is 7. The van der Waals surface area contributed by atoms with Crippen molar-refractivity contribution in [2.24, 2.45) is 0 Å². The average molecular weight is 393 g/mol.